The summed E-state index contributed by atoms with van der Waals surface area (Å²) < 4.78 is 2.98. The Morgan fingerprint density at radius 2 is 1.94 bits per heavy atom. The molecule has 7 nitrogen and oxygen atoms in total. The third kappa shape index (κ3) is 3.68. The van der Waals surface area contributed by atoms with Crippen LogP contribution in [0.3, 0.4) is 0 Å². The Bertz CT molecular complexity index is 1280. The number of aliphatic hydroxyl groups is 1. The molecule has 3 aromatic heterocycles. The summed E-state index contributed by atoms with van der Waals surface area (Å²) in [5.41, 5.74) is 1.87. The molecule has 0 unspecified atom stereocenters. The lowest BCUT2D eigenvalue weighted by atomic mass is 9.90. The lowest BCUT2D eigenvalue weighted by molar-refractivity contribution is -0.0300. The average Bonchev–Trinajstić information content (AvgIpc) is 3.48. The molecule has 4 heterocycles. The summed E-state index contributed by atoms with van der Waals surface area (Å²) >= 11 is 1.60. The molecule has 8 heteroatoms. The van der Waals surface area contributed by atoms with Crippen LogP contribution in [0.2, 0.25) is 0 Å². The number of amides is 1. The normalized spacial score (nSPS) is 16.0. The summed E-state index contributed by atoms with van der Waals surface area (Å²) in [5, 5.41) is 19.4. The van der Waals surface area contributed by atoms with Crippen molar-refractivity contribution in [3.8, 4) is 11.1 Å². The molecule has 1 amide bonds. The minimum Gasteiger partial charge on any atom is -0.388 e. The summed E-state index contributed by atoms with van der Waals surface area (Å²) in [5.74, 6) is -0.0303. The molecular formula is C23H22N4O3S. The number of thiophene rings is 1. The van der Waals surface area contributed by atoms with Gasteiger partial charge in [0.05, 0.1) is 12.1 Å². The van der Waals surface area contributed by atoms with Gasteiger partial charge in [0.15, 0.2) is 0 Å². The Morgan fingerprint density at radius 1 is 1.13 bits per heavy atom. The van der Waals surface area contributed by atoms with Crippen LogP contribution in [0.25, 0.3) is 16.6 Å². The van der Waals surface area contributed by atoms with Crippen molar-refractivity contribution in [2.75, 3.05) is 13.1 Å². The Morgan fingerprint density at radius 3 is 2.71 bits per heavy atom. The number of benzene rings is 1. The maximum absolute atomic E-state index is 13.2. The minimum atomic E-state index is -1.06. The van der Waals surface area contributed by atoms with Crippen molar-refractivity contribution in [3.05, 3.63) is 81.7 Å². The maximum Gasteiger partial charge on any atom is 0.277 e. The van der Waals surface area contributed by atoms with E-state index in [1.54, 1.807) is 34.6 Å². The molecule has 1 aliphatic heterocycles. The highest BCUT2D eigenvalue weighted by Crippen LogP contribution is 2.29. The van der Waals surface area contributed by atoms with Crippen molar-refractivity contribution in [2.45, 2.75) is 25.0 Å². The van der Waals surface area contributed by atoms with Crippen molar-refractivity contribution in [3.63, 3.8) is 0 Å². The van der Waals surface area contributed by atoms with Gasteiger partial charge in [-0.2, -0.15) is 16.4 Å². The number of fused-ring (bicyclic) bond motifs is 1. The molecule has 0 aliphatic carbocycles. The van der Waals surface area contributed by atoms with E-state index in [0.29, 0.717) is 37.0 Å². The minimum absolute atomic E-state index is 0.0303. The van der Waals surface area contributed by atoms with Gasteiger partial charge in [0.2, 0.25) is 0 Å². The van der Waals surface area contributed by atoms with Gasteiger partial charge >= 0.3 is 0 Å². The van der Waals surface area contributed by atoms with Gasteiger partial charge in [0, 0.05) is 24.8 Å². The fourth-order valence-corrected chi connectivity index (χ4v) is 4.84. The van der Waals surface area contributed by atoms with Crippen molar-refractivity contribution in [1.82, 2.24) is 19.1 Å². The molecule has 4 aromatic rings. The van der Waals surface area contributed by atoms with Crippen molar-refractivity contribution < 1.29 is 9.90 Å². The predicted molar refractivity (Wildman–Crippen MR) is 119 cm³/mol. The number of hydrogen-bond acceptors (Lipinski definition) is 5. The monoisotopic (exact) mass is 434 g/mol. The van der Waals surface area contributed by atoms with Crippen LogP contribution in [0.1, 0.15) is 23.2 Å². The zero-order valence-electron chi connectivity index (χ0n) is 16.8. The van der Waals surface area contributed by atoms with E-state index in [1.165, 1.54) is 15.4 Å². The second-order valence-electron chi connectivity index (χ2n) is 7.98. The summed E-state index contributed by atoms with van der Waals surface area (Å²) in [4.78, 5) is 27.7. The van der Waals surface area contributed by atoms with Crippen LogP contribution < -0.4 is 5.56 Å². The third-order valence-electron chi connectivity index (χ3n) is 5.96. The number of aromatic nitrogens is 3. The van der Waals surface area contributed by atoms with Crippen LogP contribution in [-0.4, -0.2) is 48.8 Å². The summed E-state index contributed by atoms with van der Waals surface area (Å²) in [7, 11) is 0. The molecule has 0 atom stereocenters. The third-order valence-corrected chi connectivity index (χ3v) is 6.64. The average molecular weight is 435 g/mol. The lowest BCUT2D eigenvalue weighted by Gasteiger charge is -2.38. The van der Waals surface area contributed by atoms with Crippen molar-refractivity contribution >= 4 is 22.8 Å². The molecule has 1 fully saturated rings. The van der Waals surface area contributed by atoms with Crippen molar-refractivity contribution in [1.29, 1.82) is 0 Å². The van der Waals surface area contributed by atoms with Crippen LogP contribution in [0, 0.1) is 0 Å². The first-order chi connectivity index (χ1) is 15.0. The number of rotatable bonds is 4. The van der Waals surface area contributed by atoms with Crippen molar-refractivity contribution in [2.24, 2.45) is 0 Å². The van der Waals surface area contributed by atoms with E-state index in [4.69, 9.17) is 0 Å². The molecule has 1 aromatic carbocycles. The maximum atomic E-state index is 13.2. The molecule has 0 saturated carbocycles. The van der Waals surface area contributed by atoms with Gasteiger partial charge in [-0.1, -0.05) is 18.2 Å². The second-order valence-corrected chi connectivity index (χ2v) is 8.76. The molecule has 31 heavy (non-hydrogen) atoms. The standard InChI is InChI=1S/C23H22N4O3S/c28-21(19-5-2-1-4-18(19)17-7-13-31-14-17)25-11-8-23(30,9-12-25)15-26-16-24-27-10-3-6-20(27)22(26)29/h1-7,10,13-14,16,30H,8-9,11-12,15H2. The van der Waals surface area contributed by atoms with Gasteiger partial charge < -0.3 is 10.0 Å². The van der Waals surface area contributed by atoms with Crippen LogP contribution in [0.5, 0.6) is 0 Å². The first kappa shape index (κ1) is 19.7. The number of hydrogen-bond donors (Lipinski definition) is 1. The highest BCUT2D eigenvalue weighted by atomic mass is 32.1. The number of piperidine rings is 1. The predicted octanol–water partition coefficient (Wildman–Crippen LogP) is 2.89. The molecule has 1 aliphatic rings. The van der Waals surface area contributed by atoms with E-state index in [9.17, 15) is 14.7 Å². The molecule has 1 saturated heterocycles. The number of likely N-dealkylation sites (tertiary alicyclic amines) is 1. The topological polar surface area (TPSA) is 79.8 Å². The quantitative estimate of drug-likeness (QED) is 0.536. The highest BCUT2D eigenvalue weighted by Gasteiger charge is 2.35. The van der Waals surface area contributed by atoms with E-state index in [0.717, 1.165) is 11.1 Å². The molecule has 0 bridgehead atoms. The zero-order chi connectivity index (χ0) is 21.4. The van der Waals surface area contributed by atoms with Crippen LogP contribution >= 0.6 is 11.3 Å². The Hall–Kier alpha value is -3.23. The van der Waals surface area contributed by atoms with Crippen LogP contribution in [-0.2, 0) is 6.54 Å². The van der Waals surface area contributed by atoms with E-state index in [2.05, 4.69) is 5.10 Å². The van der Waals surface area contributed by atoms with E-state index in [-0.39, 0.29) is 18.0 Å². The van der Waals surface area contributed by atoms with Gasteiger partial charge in [-0.3, -0.25) is 14.2 Å². The Kier molecular flexibility index (Phi) is 4.95. The van der Waals surface area contributed by atoms with Gasteiger partial charge in [-0.25, -0.2) is 4.52 Å². The fraction of sp³-hybridized carbons (Fsp3) is 0.261. The fourth-order valence-electron chi connectivity index (χ4n) is 4.18. The largest absolute Gasteiger partial charge is 0.388 e. The smallest absolute Gasteiger partial charge is 0.277 e. The second kappa shape index (κ2) is 7.79. The van der Waals surface area contributed by atoms with E-state index < -0.39 is 5.60 Å². The number of carbonyl (C=O) groups is 1. The first-order valence-corrected chi connectivity index (χ1v) is 11.1. The molecule has 5 rings (SSSR count). The first-order valence-electron chi connectivity index (χ1n) is 10.2. The van der Waals surface area contributed by atoms with Gasteiger partial charge in [0.1, 0.15) is 11.8 Å². The Balaban J connectivity index is 1.32. The Labute approximate surface area is 182 Å². The molecule has 158 valence electrons. The summed E-state index contributed by atoms with van der Waals surface area (Å²) in [6, 6.07) is 13.1. The van der Waals surface area contributed by atoms with E-state index in [1.807, 2.05) is 41.1 Å². The zero-order valence-corrected chi connectivity index (χ0v) is 17.7. The number of nitrogens with zero attached hydrogens (tertiary/aromatic N) is 4. The van der Waals surface area contributed by atoms with E-state index >= 15 is 0 Å². The van der Waals surface area contributed by atoms with Gasteiger partial charge in [-0.05, 0) is 59.0 Å². The number of carbonyl (C=O) groups excluding carboxylic acids is 1. The van der Waals surface area contributed by atoms with Crippen LogP contribution in [0.4, 0.5) is 0 Å². The SMILES string of the molecule is O=C(c1ccccc1-c1ccsc1)N1CCC(O)(Cn2cnn3cccc3c2=O)CC1. The summed E-state index contributed by atoms with van der Waals surface area (Å²) in [6.45, 7) is 1.03. The molecular weight excluding hydrogens is 412 g/mol. The molecule has 0 spiro atoms. The lowest BCUT2D eigenvalue weighted by Crippen LogP contribution is -2.49. The van der Waals surface area contributed by atoms with Gasteiger partial charge in [0.25, 0.3) is 11.5 Å². The molecule has 0 radical (unpaired) electrons. The highest BCUT2D eigenvalue weighted by molar-refractivity contribution is 7.08. The van der Waals surface area contributed by atoms with Gasteiger partial charge in [-0.15, -0.1) is 0 Å². The summed E-state index contributed by atoms with van der Waals surface area (Å²) in [6.07, 6.45) is 3.98. The molecule has 1 N–H and O–H groups in total. The van der Waals surface area contributed by atoms with Crippen LogP contribution in [0.15, 0.2) is 70.5 Å².